The van der Waals surface area contributed by atoms with Gasteiger partial charge in [0.2, 0.25) is 0 Å². The quantitative estimate of drug-likeness (QED) is 0.422. The minimum atomic E-state index is -1.19. The van der Waals surface area contributed by atoms with Gasteiger partial charge >= 0.3 is 30.8 Å². The summed E-state index contributed by atoms with van der Waals surface area (Å²) in [5, 5.41) is 17.4. The van der Waals surface area contributed by atoms with Crippen LogP contribution in [-0.4, -0.2) is 22.2 Å². The third kappa shape index (κ3) is 3.36. The molecule has 0 aromatic carbocycles. The van der Waals surface area contributed by atoms with Gasteiger partial charge in [-0.15, -0.1) is 0 Å². The second-order valence-electron chi connectivity index (χ2n) is 3.55. The molecule has 1 rings (SSSR count). The number of hydrogen-bond acceptors (Lipinski definition) is 2. The molecule has 0 spiro atoms. The first-order valence-electron chi connectivity index (χ1n) is 4.58. The molecule has 0 aromatic rings. The number of carboxylic acid groups (broad SMARTS) is 2. The first-order valence-corrected chi connectivity index (χ1v) is 4.58. The summed E-state index contributed by atoms with van der Waals surface area (Å²) >= 11 is 0. The number of carbonyl (C=O) groups is 2. The largest absolute Gasteiger partial charge is 1.00 e. The summed E-state index contributed by atoms with van der Waals surface area (Å²) in [7, 11) is 0. The van der Waals surface area contributed by atoms with Crippen LogP contribution >= 0.6 is 0 Å². The molecular formula is C9H15LiO4. The van der Waals surface area contributed by atoms with E-state index in [1.807, 2.05) is 0 Å². The predicted molar refractivity (Wildman–Crippen MR) is 46.4 cm³/mol. The molecule has 14 heavy (non-hydrogen) atoms. The van der Waals surface area contributed by atoms with Crippen molar-refractivity contribution in [2.45, 2.75) is 32.1 Å². The van der Waals surface area contributed by atoms with Crippen LogP contribution in [0.3, 0.4) is 0 Å². The molecule has 1 fully saturated rings. The Morgan fingerprint density at radius 2 is 1.50 bits per heavy atom. The molecule has 0 aromatic heterocycles. The third-order valence-corrected chi connectivity index (χ3v) is 2.65. The Balaban J connectivity index is 0. The van der Waals surface area contributed by atoms with Crippen molar-refractivity contribution in [2.24, 2.45) is 11.8 Å². The zero-order chi connectivity index (χ0) is 9.84. The molecule has 1 saturated carbocycles. The van der Waals surface area contributed by atoms with Crippen LogP contribution in [0, 0.1) is 11.8 Å². The van der Waals surface area contributed by atoms with E-state index in [2.05, 4.69) is 0 Å². The number of rotatable bonds is 3. The second kappa shape index (κ2) is 6.10. The van der Waals surface area contributed by atoms with Crippen molar-refractivity contribution in [3.8, 4) is 0 Å². The van der Waals surface area contributed by atoms with Gasteiger partial charge in [0.15, 0.2) is 5.92 Å². The topological polar surface area (TPSA) is 74.6 Å². The van der Waals surface area contributed by atoms with E-state index in [1.165, 1.54) is 0 Å². The van der Waals surface area contributed by atoms with Crippen molar-refractivity contribution in [3.05, 3.63) is 0 Å². The van der Waals surface area contributed by atoms with Crippen molar-refractivity contribution in [3.63, 3.8) is 0 Å². The molecule has 0 amide bonds. The van der Waals surface area contributed by atoms with Crippen LogP contribution in [0.15, 0.2) is 0 Å². The van der Waals surface area contributed by atoms with E-state index in [0.29, 0.717) is 0 Å². The van der Waals surface area contributed by atoms with Gasteiger partial charge in [-0.3, -0.25) is 9.59 Å². The number of aliphatic carboxylic acids is 2. The van der Waals surface area contributed by atoms with E-state index in [-0.39, 0.29) is 26.2 Å². The molecule has 2 N–H and O–H groups in total. The van der Waals surface area contributed by atoms with E-state index >= 15 is 0 Å². The van der Waals surface area contributed by atoms with E-state index in [4.69, 9.17) is 10.2 Å². The number of hydrogen-bond donors (Lipinski definition) is 2. The molecule has 1 aliphatic rings. The van der Waals surface area contributed by atoms with Gasteiger partial charge in [0.05, 0.1) is 0 Å². The smallest absolute Gasteiger partial charge is 1.00 e. The van der Waals surface area contributed by atoms with Gasteiger partial charge in [-0.25, -0.2) is 0 Å². The molecule has 0 aliphatic heterocycles. The van der Waals surface area contributed by atoms with Crippen LogP contribution in [0.5, 0.6) is 0 Å². The molecule has 0 saturated heterocycles. The summed E-state index contributed by atoms with van der Waals surface area (Å²) in [5.41, 5.74) is 0. The van der Waals surface area contributed by atoms with Crippen LogP contribution in [0.4, 0.5) is 0 Å². The standard InChI is InChI=1S/C9H14O4.Li.H/c10-8(11)7(9(12)13)6-4-2-1-3-5-6;;/h6-7H,1-5H2,(H,10,11)(H,12,13);;/q;+1;-1. The van der Waals surface area contributed by atoms with Gasteiger partial charge in [0.1, 0.15) is 0 Å². The van der Waals surface area contributed by atoms with E-state index in [9.17, 15) is 9.59 Å². The molecule has 0 radical (unpaired) electrons. The van der Waals surface area contributed by atoms with Crippen molar-refractivity contribution < 1.29 is 40.1 Å². The van der Waals surface area contributed by atoms with Crippen molar-refractivity contribution in [1.29, 1.82) is 0 Å². The average Bonchev–Trinajstić information content (AvgIpc) is 2.04. The van der Waals surface area contributed by atoms with Gasteiger partial charge in [-0.2, -0.15) is 0 Å². The van der Waals surface area contributed by atoms with Crippen molar-refractivity contribution in [1.82, 2.24) is 0 Å². The summed E-state index contributed by atoms with van der Waals surface area (Å²) in [6.07, 6.45) is 4.50. The maximum atomic E-state index is 10.7. The Morgan fingerprint density at radius 3 is 1.86 bits per heavy atom. The van der Waals surface area contributed by atoms with Gasteiger partial charge in [0, 0.05) is 0 Å². The van der Waals surface area contributed by atoms with Crippen LogP contribution in [-0.2, 0) is 9.59 Å². The summed E-state index contributed by atoms with van der Waals surface area (Å²) < 4.78 is 0. The Hall–Kier alpha value is -0.463. The third-order valence-electron chi connectivity index (χ3n) is 2.65. The zero-order valence-electron chi connectivity index (χ0n) is 9.40. The predicted octanol–water partition coefficient (Wildman–Crippen LogP) is -1.53. The zero-order valence-corrected chi connectivity index (χ0v) is 8.40. The van der Waals surface area contributed by atoms with Gasteiger partial charge in [-0.05, 0) is 18.8 Å². The van der Waals surface area contributed by atoms with E-state index in [1.54, 1.807) is 0 Å². The Labute approximate surface area is 96.3 Å². The van der Waals surface area contributed by atoms with Crippen LogP contribution < -0.4 is 18.9 Å². The normalized spacial score (nSPS) is 17.5. The molecule has 0 bridgehead atoms. The summed E-state index contributed by atoms with van der Waals surface area (Å²) in [4.78, 5) is 21.3. The van der Waals surface area contributed by atoms with Crippen LogP contribution in [0.25, 0.3) is 0 Å². The summed E-state index contributed by atoms with van der Waals surface area (Å²) in [5.74, 6) is -3.75. The summed E-state index contributed by atoms with van der Waals surface area (Å²) in [6, 6.07) is 0. The maximum absolute atomic E-state index is 10.7. The fourth-order valence-electron chi connectivity index (χ4n) is 1.98. The molecule has 0 unspecified atom stereocenters. The molecule has 76 valence electrons. The monoisotopic (exact) mass is 194 g/mol. The molecule has 5 heteroatoms. The first-order chi connectivity index (χ1) is 6.13. The SMILES string of the molecule is O=C(O)C(C(=O)O)C1CCCCC1.[H-].[Li+]. The van der Waals surface area contributed by atoms with Crippen molar-refractivity contribution in [2.75, 3.05) is 0 Å². The van der Waals surface area contributed by atoms with Crippen molar-refractivity contribution >= 4 is 11.9 Å². The Bertz CT molecular complexity index is 202. The van der Waals surface area contributed by atoms with Gasteiger partial charge in [-0.1, -0.05) is 19.3 Å². The molecule has 4 nitrogen and oxygen atoms in total. The van der Waals surface area contributed by atoms with E-state index < -0.39 is 17.9 Å². The summed E-state index contributed by atoms with van der Waals surface area (Å²) in [6.45, 7) is 0. The first kappa shape index (κ1) is 13.5. The fraction of sp³-hybridized carbons (Fsp3) is 0.778. The van der Waals surface area contributed by atoms with E-state index in [0.717, 1.165) is 32.1 Å². The molecule has 0 heterocycles. The fourth-order valence-corrected chi connectivity index (χ4v) is 1.98. The second-order valence-corrected chi connectivity index (χ2v) is 3.55. The van der Waals surface area contributed by atoms with Gasteiger partial charge in [0.25, 0.3) is 0 Å². The number of carboxylic acids is 2. The Morgan fingerprint density at radius 1 is 1.07 bits per heavy atom. The average molecular weight is 194 g/mol. The molecular weight excluding hydrogens is 179 g/mol. The van der Waals surface area contributed by atoms with Crippen LogP contribution in [0.1, 0.15) is 33.5 Å². The molecule has 1 aliphatic carbocycles. The minimum absolute atomic E-state index is 0. The molecule has 0 atom stereocenters. The van der Waals surface area contributed by atoms with Crippen LogP contribution in [0.2, 0.25) is 0 Å². The maximum Gasteiger partial charge on any atom is 1.00 e. The minimum Gasteiger partial charge on any atom is -1.00 e. The Kier molecular flexibility index (Phi) is 5.90. The van der Waals surface area contributed by atoms with Gasteiger partial charge < -0.3 is 11.6 Å².